The summed E-state index contributed by atoms with van der Waals surface area (Å²) in [6, 6.07) is 0.00537. The van der Waals surface area contributed by atoms with Crippen molar-refractivity contribution in [3.8, 4) is 0 Å². The molecule has 0 aliphatic carbocycles. The standard InChI is InChI=1S/C23H49NO2.2ClH.H2N.Pt/c1-3-4-5-6-7-8-9-10-11-12-13-14-15-16-17-18-19-26-21-23(20-25)22(2)24;;;;/h22-23,25H,3-21,24H2,1-2H3;2*1H;1H2;/q;;;-1;. The van der Waals surface area contributed by atoms with Gasteiger partial charge in [-0.15, -0.1) is 24.8 Å². The van der Waals surface area contributed by atoms with Crippen molar-refractivity contribution in [3.05, 3.63) is 6.15 Å². The fraction of sp³-hybridized carbons (Fsp3) is 1.00. The number of rotatable bonds is 21. The van der Waals surface area contributed by atoms with Gasteiger partial charge in [-0.05, 0) is 13.3 Å². The van der Waals surface area contributed by atoms with Crippen molar-refractivity contribution in [1.29, 1.82) is 0 Å². The van der Waals surface area contributed by atoms with E-state index in [1.807, 2.05) is 6.92 Å². The van der Waals surface area contributed by atoms with E-state index in [0.29, 0.717) is 6.61 Å². The number of ether oxygens (including phenoxy) is 1. The Kier molecular flexibility index (Phi) is 47.9. The molecule has 0 saturated heterocycles. The molecule has 0 bridgehead atoms. The third kappa shape index (κ3) is 31.3. The Bertz CT molecular complexity index is 280. The van der Waals surface area contributed by atoms with Gasteiger partial charge in [0.25, 0.3) is 0 Å². The molecule has 0 aliphatic rings. The molecule has 0 aromatic carbocycles. The van der Waals surface area contributed by atoms with Crippen LogP contribution in [0.3, 0.4) is 0 Å². The van der Waals surface area contributed by atoms with E-state index in [0.717, 1.165) is 13.0 Å². The van der Waals surface area contributed by atoms with Gasteiger partial charge >= 0.3 is 0 Å². The van der Waals surface area contributed by atoms with E-state index in [2.05, 4.69) is 6.92 Å². The van der Waals surface area contributed by atoms with Crippen molar-refractivity contribution in [2.75, 3.05) is 19.8 Å². The van der Waals surface area contributed by atoms with Crippen LogP contribution in [-0.2, 0) is 25.8 Å². The molecule has 0 radical (unpaired) electrons. The summed E-state index contributed by atoms with van der Waals surface area (Å²) in [6.07, 6.45) is 22.3. The minimum Gasteiger partial charge on any atom is -0.693 e. The second-order valence-electron chi connectivity index (χ2n) is 8.18. The summed E-state index contributed by atoms with van der Waals surface area (Å²) >= 11 is 0. The number of halogens is 2. The van der Waals surface area contributed by atoms with Crippen LogP contribution in [0.1, 0.15) is 117 Å². The Morgan fingerprint density at radius 3 is 1.33 bits per heavy atom. The fourth-order valence-electron chi connectivity index (χ4n) is 3.36. The van der Waals surface area contributed by atoms with Gasteiger partial charge < -0.3 is 21.7 Å². The average molecular weight is 656 g/mol. The van der Waals surface area contributed by atoms with Crippen molar-refractivity contribution in [2.45, 2.75) is 123 Å². The average Bonchev–Trinajstić information content (AvgIpc) is 2.63. The summed E-state index contributed by atoms with van der Waals surface area (Å²) in [5, 5.41) is 9.18. The van der Waals surface area contributed by atoms with E-state index in [1.165, 1.54) is 96.3 Å². The zero-order chi connectivity index (χ0) is 19.3. The molecule has 2 atom stereocenters. The Labute approximate surface area is 215 Å². The zero-order valence-electron chi connectivity index (χ0n) is 19.7. The second-order valence-corrected chi connectivity index (χ2v) is 8.18. The molecule has 192 valence electrons. The molecule has 0 fully saturated rings. The Hall–Kier alpha value is 1.11. The molecule has 0 heterocycles. The number of hydrogen-bond donors (Lipinski definition) is 2. The molecule has 0 rings (SSSR count). The molecule has 0 amide bonds. The first kappa shape index (κ1) is 41.4. The van der Waals surface area contributed by atoms with Gasteiger partial charge in [0.05, 0.1) is 6.61 Å². The predicted octanol–water partition coefficient (Wildman–Crippen LogP) is 7.78. The van der Waals surface area contributed by atoms with Crippen LogP contribution in [0.25, 0.3) is 6.15 Å². The first-order chi connectivity index (χ1) is 12.7. The Morgan fingerprint density at radius 1 is 0.700 bits per heavy atom. The molecule has 0 saturated carbocycles. The minimum absolute atomic E-state index is 0. The van der Waals surface area contributed by atoms with E-state index in [4.69, 9.17) is 10.5 Å². The Balaban J connectivity index is -0.000000521. The van der Waals surface area contributed by atoms with Crippen LogP contribution in [0.4, 0.5) is 0 Å². The molecule has 2 unspecified atom stereocenters. The number of aliphatic hydroxyl groups is 1. The van der Waals surface area contributed by atoms with E-state index in [-0.39, 0.29) is 70.6 Å². The third-order valence-electron chi connectivity index (χ3n) is 5.45. The summed E-state index contributed by atoms with van der Waals surface area (Å²) < 4.78 is 5.63. The van der Waals surface area contributed by atoms with Crippen LogP contribution in [-0.4, -0.2) is 31.0 Å². The van der Waals surface area contributed by atoms with Crippen LogP contribution in [0, 0.1) is 5.92 Å². The summed E-state index contributed by atoms with van der Waals surface area (Å²) in [5.74, 6) is 0.0797. The summed E-state index contributed by atoms with van der Waals surface area (Å²) in [4.78, 5) is 0. The molecular formula is C23H53Cl2N2O2Pt-. The number of unbranched alkanes of at least 4 members (excludes halogenated alkanes) is 15. The van der Waals surface area contributed by atoms with Gasteiger partial charge in [0, 0.05) is 46.2 Å². The molecule has 7 heteroatoms. The van der Waals surface area contributed by atoms with Gasteiger partial charge in [0.1, 0.15) is 0 Å². The largest absolute Gasteiger partial charge is 0.693 e. The Morgan fingerprint density at radius 2 is 1.03 bits per heavy atom. The van der Waals surface area contributed by atoms with Crippen molar-refractivity contribution in [1.82, 2.24) is 0 Å². The predicted molar refractivity (Wildman–Crippen MR) is 134 cm³/mol. The summed E-state index contributed by atoms with van der Waals surface area (Å²) in [6.45, 7) is 5.73. The number of nitrogens with two attached hydrogens (primary N) is 2. The molecule has 0 aromatic heterocycles. The summed E-state index contributed by atoms with van der Waals surface area (Å²) in [5.41, 5.74) is 5.78. The normalized spacial score (nSPS) is 12.0. The van der Waals surface area contributed by atoms with Crippen molar-refractivity contribution < 1.29 is 30.9 Å². The molecule has 0 spiro atoms. The first-order valence-electron chi connectivity index (χ1n) is 11.7. The number of hydrogen-bond acceptors (Lipinski definition) is 3. The third-order valence-corrected chi connectivity index (χ3v) is 5.45. The molecule has 4 nitrogen and oxygen atoms in total. The van der Waals surface area contributed by atoms with Crippen molar-refractivity contribution >= 4 is 24.8 Å². The van der Waals surface area contributed by atoms with Gasteiger partial charge in [-0.2, -0.15) is 0 Å². The molecule has 30 heavy (non-hydrogen) atoms. The summed E-state index contributed by atoms with van der Waals surface area (Å²) in [7, 11) is 0. The monoisotopic (exact) mass is 654 g/mol. The van der Waals surface area contributed by atoms with Crippen LogP contribution in [0.15, 0.2) is 0 Å². The van der Waals surface area contributed by atoms with E-state index < -0.39 is 0 Å². The maximum absolute atomic E-state index is 9.18. The van der Waals surface area contributed by atoms with E-state index >= 15 is 0 Å². The SMILES string of the molecule is CCCCCCCCCCCCCCCCCCOCC(CO)C(C)N.Cl.Cl.[NH2-].[Pt]. The van der Waals surface area contributed by atoms with Gasteiger partial charge in [-0.3, -0.25) is 0 Å². The maximum atomic E-state index is 9.18. The van der Waals surface area contributed by atoms with Gasteiger partial charge in [-0.1, -0.05) is 103 Å². The molecule has 0 aliphatic heterocycles. The van der Waals surface area contributed by atoms with Crippen LogP contribution in [0.2, 0.25) is 0 Å². The fourth-order valence-corrected chi connectivity index (χ4v) is 3.36. The minimum atomic E-state index is 0. The first-order valence-corrected chi connectivity index (χ1v) is 11.7. The van der Waals surface area contributed by atoms with E-state index in [1.54, 1.807) is 0 Å². The molecule has 5 N–H and O–H groups in total. The maximum Gasteiger partial charge on any atom is 0.0530 e. The van der Waals surface area contributed by atoms with Gasteiger partial charge in [0.15, 0.2) is 0 Å². The van der Waals surface area contributed by atoms with Crippen molar-refractivity contribution in [3.63, 3.8) is 0 Å². The van der Waals surface area contributed by atoms with Gasteiger partial charge in [-0.25, -0.2) is 0 Å². The van der Waals surface area contributed by atoms with Crippen LogP contribution in [0.5, 0.6) is 0 Å². The smallest absolute Gasteiger partial charge is 0.0530 e. The van der Waals surface area contributed by atoms with Crippen molar-refractivity contribution in [2.24, 2.45) is 11.7 Å². The number of aliphatic hydroxyl groups excluding tert-OH is 1. The second kappa shape index (κ2) is 34.7. The van der Waals surface area contributed by atoms with Crippen LogP contribution >= 0.6 is 24.8 Å². The van der Waals surface area contributed by atoms with E-state index in [9.17, 15) is 5.11 Å². The van der Waals surface area contributed by atoms with Gasteiger partial charge in [0.2, 0.25) is 0 Å². The quantitative estimate of drug-likeness (QED) is 0.124. The molecule has 0 aromatic rings. The zero-order valence-corrected chi connectivity index (χ0v) is 23.6. The molecular weight excluding hydrogens is 602 g/mol. The van der Waals surface area contributed by atoms with Crippen LogP contribution < -0.4 is 5.73 Å². The topological polar surface area (TPSA) is 89.0 Å².